The third-order valence-electron chi connectivity index (χ3n) is 2.51. The van der Waals surface area contributed by atoms with Crippen molar-refractivity contribution in [1.29, 1.82) is 0 Å². The van der Waals surface area contributed by atoms with Crippen LogP contribution in [-0.2, 0) is 14.3 Å². The van der Waals surface area contributed by atoms with Crippen molar-refractivity contribution in [1.82, 2.24) is 10.3 Å². The van der Waals surface area contributed by atoms with Crippen LogP contribution in [0.25, 0.3) is 0 Å². The summed E-state index contributed by atoms with van der Waals surface area (Å²) >= 11 is 0. The molecule has 1 heterocycles. The molecule has 0 bridgehead atoms. The van der Waals surface area contributed by atoms with E-state index in [4.69, 9.17) is 5.11 Å². The second-order valence-corrected chi connectivity index (χ2v) is 3.87. The first-order valence-electron chi connectivity index (χ1n) is 5.69. The van der Waals surface area contributed by atoms with Crippen LogP contribution in [0.5, 0.6) is 5.75 Å². The number of nitrogens with zero attached hydrogens (tertiary/aromatic N) is 1. The Morgan fingerprint density at radius 1 is 1.45 bits per heavy atom. The number of carbonyl (C=O) groups excluding carboxylic acids is 2. The Bertz CT molecular complexity index is 516. The highest BCUT2D eigenvalue weighted by atomic mass is 16.5. The Morgan fingerprint density at radius 3 is 2.70 bits per heavy atom. The normalized spacial score (nSPS) is 11.4. The molecule has 1 rings (SSSR count). The van der Waals surface area contributed by atoms with Crippen LogP contribution in [0.15, 0.2) is 18.5 Å². The molecular weight excluding hydrogens is 268 g/mol. The van der Waals surface area contributed by atoms with Gasteiger partial charge in [0.2, 0.25) is 0 Å². The number of rotatable bonds is 6. The largest absolute Gasteiger partial charge is 0.505 e. The molecule has 0 fully saturated rings. The van der Waals surface area contributed by atoms with Gasteiger partial charge < -0.3 is 20.3 Å². The number of aromatic nitrogens is 1. The predicted molar refractivity (Wildman–Crippen MR) is 66.0 cm³/mol. The molecule has 1 amide bonds. The van der Waals surface area contributed by atoms with Crippen molar-refractivity contribution < 1.29 is 29.3 Å². The monoisotopic (exact) mass is 282 g/mol. The molecule has 0 aliphatic rings. The minimum absolute atomic E-state index is 0.0932. The van der Waals surface area contributed by atoms with Crippen LogP contribution in [-0.4, -0.2) is 46.2 Å². The smallest absolute Gasteiger partial charge is 0.326 e. The number of hydrogen-bond acceptors (Lipinski definition) is 6. The van der Waals surface area contributed by atoms with Gasteiger partial charge in [-0.15, -0.1) is 0 Å². The molecule has 0 saturated heterocycles. The summed E-state index contributed by atoms with van der Waals surface area (Å²) in [5, 5.41) is 20.6. The predicted octanol–water partition coefficient (Wildman–Crippen LogP) is -0.0766. The van der Waals surface area contributed by atoms with E-state index in [1.807, 2.05) is 0 Å². The van der Waals surface area contributed by atoms with Crippen molar-refractivity contribution in [2.45, 2.75) is 18.9 Å². The standard InChI is InChI=1S/C12H14N2O6/c1-20-10(16)3-2-8(12(18)19)14-11(17)7-4-5-13-6-9(7)15/h4-6,8,15H,2-3H2,1H3,(H,14,17)(H,18,19)/t8-/m1/s1. The van der Waals surface area contributed by atoms with E-state index in [0.717, 1.165) is 6.20 Å². The van der Waals surface area contributed by atoms with Crippen LogP contribution in [0.2, 0.25) is 0 Å². The third kappa shape index (κ3) is 4.23. The summed E-state index contributed by atoms with van der Waals surface area (Å²) in [6.07, 6.45) is 2.10. The van der Waals surface area contributed by atoms with E-state index < -0.39 is 23.9 Å². The van der Waals surface area contributed by atoms with Gasteiger partial charge in [0.1, 0.15) is 11.8 Å². The van der Waals surface area contributed by atoms with Gasteiger partial charge >= 0.3 is 11.9 Å². The van der Waals surface area contributed by atoms with E-state index in [2.05, 4.69) is 15.0 Å². The molecule has 1 aromatic rings. The zero-order valence-electron chi connectivity index (χ0n) is 10.7. The molecule has 1 aromatic heterocycles. The molecule has 0 aromatic carbocycles. The van der Waals surface area contributed by atoms with Gasteiger partial charge in [0, 0.05) is 12.6 Å². The zero-order valence-corrected chi connectivity index (χ0v) is 10.7. The maximum absolute atomic E-state index is 11.8. The van der Waals surface area contributed by atoms with Gasteiger partial charge in [-0.1, -0.05) is 0 Å². The maximum Gasteiger partial charge on any atom is 0.326 e. The van der Waals surface area contributed by atoms with Crippen LogP contribution in [0.3, 0.4) is 0 Å². The van der Waals surface area contributed by atoms with E-state index in [0.29, 0.717) is 0 Å². The Labute approximate surface area is 114 Å². The first-order valence-corrected chi connectivity index (χ1v) is 5.69. The molecule has 3 N–H and O–H groups in total. The minimum atomic E-state index is -1.28. The molecule has 0 unspecified atom stereocenters. The van der Waals surface area contributed by atoms with E-state index in [9.17, 15) is 19.5 Å². The fraction of sp³-hybridized carbons (Fsp3) is 0.333. The molecule has 8 nitrogen and oxygen atoms in total. The number of carboxylic acid groups (broad SMARTS) is 1. The Balaban J connectivity index is 2.71. The lowest BCUT2D eigenvalue weighted by Gasteiger charge is -2.14. The van der Waals surface area contributed by atoms with Crippen molar-refractivity contribution in [2.24, 2.45) is 0 Å². The number of ether oxygens (including phenoxy) is 1. The van der Waals surface area contributed by atoms with Crippen LogP contribution < -0.4 is 5.32 Å². The van der Waals surface area contributed by atoms with Crippen LogP contribution in [0.1, 0.15) is 23.2 Å². The molecule has 0 aliphatic heterocycles. The molecule has 0 radical (unpaired) electrons. The Hall–Kier alpha value is -2.64. The summed E-state index contributed by atoms with van der Waals surface area (Å²) in [6.45, 7) is 0. The second kappa shape index (κ2) is 7.07. The molecular formula is C12H14N2O6. The topological polar surface area (TPSA) is 126 Å². The number of methoxy groups -OCH3 is 1. The van der Waals surface area contributed by atoms with Crippen molar-refractivity contribution >= 4 is 17.8 Å². The lowest BCUT2D eigenvalue weighted by molar-refractivity contribution is -0.142. The van der Waals surface area contributed by atoms with Gasteiger partial charge in [-0.25, -0.2) is 4.79 Å². The maximum atomic E-state index is 11.8. The molecule has 1 atom stereocenters. The summed E-state index contributed by atoms with van der Waals surface area (Å²) in [4.78, 5) is 37.4. The highest BCUT2D eigenvalue weighted by molar-refractivity contribution is 5.98. The fourth-order valence-corrected chi connectivity index (χ4v) is 1.44. The number of carbonyl (C=O) groups is 3. The van der Waals surface area contributed by atoms with Crippen LogP contribution in [0, 0.1) is 0 Å². The number of esters is 1. The fourth-order valence-electron chi connectivity index (χ4n) is 1.44. The zero-order chi connectivity index (χ0) is 15.1. The van der Waals surface area contributed by atoms with Crippen molar-refractivity contribution in [3.05, 3.63) is 24.0 Å². The van der Waals surface area contributed by atoms with Crippen molar-refractivity contribution in [2.75, 3.05) is 7.11 Å². The van der Waals surface area contributed by atoms with Gasteiger partial charge in [0.15, 0.2) is 0 Å². The minimum Gasteiger partial charge on any atom is -0.505 e. The van der Waals surface area contributed by atoms with Gasteiger partial charge in [-0.2, -0.15) is 0 Å². The van der Waals surface area contributed by atoms with E-state index >= 15 is 0 Å². The average Bonchev–Trinajstić information content (AvgIpc) is 2.42. The van der Waals surface area contributed by atoms with E-state index in [-0.39, 0.29) is 24.2 Å². The summed E-state index contributed by atoms with van der Waals surface area (Å²) in [6, 6.07) is -0.00155. The molecule has 20 heavy (non-hydrogen) atoms. The highest BCUT2D eigenvalue weighted by Crippen LogP contribution is 2.14. The first kappa shape index (κ1) is 15.4. The van der Waals surface area contributed by atoms with Crippen molar-refractivity contribution in [3.8, 4) is 5.75 Å². The number of nitrogens with one attached hydrogen (secondary N) is 1. The van der Waals surface area contributed by atoms with Crippen LogP contribution >= 0.6 is 0 Å². The lowest BCUT2D eigenvalue weighted by atomic mass is 10.1. The van der Waals surface area contributed by atoms with Gasteiger partial charge in [0.25, 0.3) is 5.91 Å². The molecule has 0 spiro atoms. The van der Waals surface area contributed by atoms with Gasteiger partial charge in [-0.05, 0) is 12.5 Å². The molecule has 8 heteroatoms. The first-order chi connectivity index (χ1) is 9.45. The third-order valence-corrected chi connectivity index (χ3v) is 2.51. The average molecular weight is 282 g/mol. The summed E-state index contributed by atoms with van der Waals surface area (Å²) in [5.41, 5.74) is -0.0932. The molecule has 0 saturated carbocycles. The number of pyridine rings is 1. The lowest BCUT2D eigenvalue weighted by Crippen LogP contribution is -2.41. The highest BCUT2D eigenvalue weighted by Gasteiger charge is 2.23. The summed E-state index contributed by atoms with van der Waals surface area (Å²) in [5.74, 6) is -2.97. The van der Waals surface area contributed by atoms with Gasteiger partial charge in [0.05, 0.1) is 18.9 Å². The van der Waals surface area contributed by atoms with Crippen molar-refractivity contribution in [3.63, 3.8) is 0 Å². The Kier molecular flexibility index (Phi) is 5.45. The van der Waals surface area contributed by atoms with Crippen LogP contribution in [0.4, 0.5) is 0 Å². The molecule has 0 aliphatic carbocycles. The number of carboxylic acids is 1. The number of hydrogen-bond donors (Lipinski definition) is 3. The van der Waals surface area contributed by atoms with E-state index in [1.165, 1.54) is 19.4 Å². The Morgan fingerprint density at radius 2 is 2.15 bits per heavy atom. The number of amides is 1. The quantitative estimate of drug-likeness (QED) is 0.623. The SMILES string of the molecule is COC(=O)CC[C@@H](NC(=O)c1ccncc1O)C(=O)O. The molecule has 108 valence electrons. The van der Waals surface area contributed by atoms with Gasteiger partial charge in [-0.3, -0.25) is 14.6 Å². The second-order valence-electron chi connectivity index (χ2n) is 3.87. The summed E-state index contributed by atoms with van der Waals surface area (Å²) < 4.78 is 4.40. The number of aliphatic carboxylic acids is 1. The number of aromatic hydroxyl groups is 1. The van der Waals surface area contributed by atoms with E-state index in [1.54, 1.807) is 0 Å². The summed E-state index contributed by atoms with van der Waals surface area (Å²) in [7, 11) is 1.19.